The highest BCUT2D eigenvalue weighted by molar-refractivity contribution is 9.10. The molecule has 0 fully saturated rings. The van der Waals surface area contributed by atoms with Crippen LogP contribution in [0.2, 0.25) is 0 Å². The highest BCUT2D eigenvalue weighted by Gasteiger charge is 2.21. The quantitative estimate of drug-likeness (QED) is 0.919. The summed E-state index contributed by atoms with van der Waals surface area (Å²) in [6, 6.07) is 9.89. The Bertz CT molecular complexity index is 718. The Labute approximate surface area is 128 Å². The molecule has 0 unspecified atom stereocenters. The van der Waals surface area contributed by atoms with Crippen molar-refractivity contribution < 1.29 is 19.1 Å². The van der Waals surface area contributed by atoms with Crippen LogP contribution in [0.3, 0.4) is 0 Å². The van der Waals surface area contributed by atoms with Gasteiger partial charge in [-0.3, -0.25) is 4.79 Å². The van der Waals surface area contributed by atoms with Crippen molar-refractivity contribution in [2.75, 3.05) is 11.9 Å². The lowest BCUT2D eigenvalue weighted by Gasteiger charge is -2.20. The number of benzene rings is 2. The lowest BCUT2D eigenvalue weighted by molar-refractivity contribution is 0.0697. The van der Waals surface area contributed by atoms with E-state index in [2.05, 4.69) is 15.9 Å². The van der Waals surface area contributed by atoms with Crippen LogP contribution in [0.15, 0.2) is 46.9 Å². The monoisotopic (exact) mass is 351 g/mol. The molecule has 0 aliphatic carbocycles. The number of rotatable bonds is 3. The van der Waals surface area contributed by atoms with Crippen molar-refractivity contribution in [3.05, 3.63) is 63.9 Å². The standard InChI is InChI=1S/C15H11BrFNO3/c1-18(13-5-3-2-4-10(13)15(20)21)14(19)11-8-9(17)6-7-12(11)16/h2-8H,1H3,(H,20,21). The van der Waals surface area contributed by atoms with Crippen LogP contribution in [0.4, 0.5) is 10.1 Å². The van der Waals surface area contributed by atoms with Crippen LogP contribution in [0.25, 0.3) is 0 Å². The maximum absolute atomic E-state index is 13.3. The van der Waals surface area contributed by atoms with E-state index in [4.69, 9.17) is 5.11 Å². The fourth-order valence-electron chi connectivity index (χ4n) is 1.90. The number of nitrogens with zero attached hydrogens (tertiary/aromatic N) is 1. The molecule has 0 radical (unpaired) electrons. The molecule has 0 heterocycles. The number of carbonyl (C=O) groups is 2. The van der Waals surface area contributed by atoms with Crippen LogP contribution in [0, 0.1) is 5.82 Å². The van der Waals surface area contributed by atoms with Gasteiger partial charge in [0.2, 0.25) is 0 Å². The van der Waals surface area contributed by atoms with E-state index in [0.717, 1.165) is 6.07 Å². The molecule has 1 amide bonds. The predicted octanol–water partition coefficient (Wildman–Crippen LogP) is 3.56. The van der Waals surface area contributed by atoms with Gasteiger partial charge in [0.05, 0.1) is 16.8 Å². The van der Waals surface area contributed by atoms with Crippen molar-refractivity contribution in [3.8, 4) is 0 Å². The first-order chi connectivity index (χ1) is 9.91. The van der Waals surface area contributed by atoms with Crippen molar-refractivity contribution in [2.24, 2.45) is 0 Å². The van der Waals surface area contributed by atoms with Crippen molar-refractivity contribution in [1.82, 2.24) is 0 Å². The Hall–Kier alpha value is -2.21. The second kappa shape index (κ2) is 6.05. The molecule has 0 saturated carbocycles. The molecule has 0 saturated heterocycles. The average Bonchev–Trinajstić information content (AvgIpc) is 2.48. The van der Waals surface area contributed by atoms with Gasteiger partial charge in [-0.05, 0) is 46.3 Å². The Morgan fingerprint density at radius 1 is 1.14 bits per heavy atom. The summed E-state index contributed by atoms with van der Waals surface area (Å²) in [4.78, 5) is 24.8. The van der Waals surface area contributed by atoms with E-state index < -0.39 is 17.7 Å². The minimum atomic E-state index is -1.14. The summed E-state index contributed by atoms with van der Waals surface area (Å²) in [5, 5.41) is 9.16. The number of halogens is 2. The number of carbonyl (C=O) groups excluding carboxylic acids is 1. The summed E-state index contributed by atoms with van der Waals surface area (Å²) in [6.45, 7) is 0. The fourth-order valence-corrected chi connectivity index (χ4v) is 2.31. The van der Waals surface area contributed by atoms with E-state index in [0.29, 0.717) is 4.47 Å². The minimum Gasteiger partial charge on any atom is -0.478 e. The first kappa shape index (κ1) is 15.2. The molecule has 0 atom stereocenters. The molecule has 0 aromatic heterocycles. The minimum absolute atomic E-state index is 0.000811. The van der Waals surface area contributed by atoms with Gasteiger partial charge in [0.25, 0.3) is 5.91 Å². The largest absolute Gasteiger partial charge is 0.478 e. The normalized spacial score (nSPS) is 10.2. The summed E-state index contributed by atoms with van der Waals surface area (Å²) < 4.78 is 13.7. The molecule has 1 N–H and O–H groups in total. The van der Waals surface area contributed by atoms with Crippen LogP contribution in [-0.2, 0) is 0 Å². The predicted molar refractivity (Wildman–Crippen MR) is 80.2 cm³/mol. The second-order valence-corrected chi connectivity index (χ2v) is 5.16. The van der Waals surface area contributed by atoms with Gasteiger partial charge in [0.1, 0.15) is 5.82 Å². The molecule has 2 rings (SSSR count). The lowest BCUT2D eigenvalue weighted by Crippen LogP contribution is -2.28. The molecule has 0 spiro atoms. The van der Waals surface area contributed by atoms with Crippen molar-refractivity contribution in [1.29, 1.82) is 0 Å². The number of amides is 1. The number of hydrogen-bond donors (Lipinski definition) is 1. The van der Waals surface area contributed by atoms with Gasteiger partial charge in [-0.15, -0.1) is 0 Å². The third kappa shape index (κ3) is 3.11. The first-order valence-corrected chi connectivity index (χ1v) is 6.76. The molecule has 4 nitrogen and oxygen atoms in total. The number of aromatic carboxylic acids is 1. The first-order valence-electron chi connectivity index (χ1n) is 5.97. The summed E-state index contributed by atoms with van der Waals surface area (Å²) >= 11 is 3.19. The number of carboxylic acid groups (broad SMARTS) is 1. The molecule has 2 aromatic rings. The molecule has 0 aliphatic heterocycles. The van der Waals surface area contributed by atoms with Crippen LogP contribution >= 0.6 is 15.9 Å². The molecule has 21 heavy (non-hydrogen) atoms. The third-order valence-electron chi connectivity index (χ3n) is 2.96. The summed E-state index contributed by atoms with van der Waals surface area (Å²) in [5.41, 5.74) is 0.365. The van der Waals surface area contributed by atoms with Crippen LogP contribution in [-0.4, -0.2) is 24.0 Å². The van der Waals surface area contributed by atoms with Crippen molar-refractivity contribution in [3.63, 3.8) is 0 Å². The zero-order chi connectivity index (χ0) is 15.6. The van der Waals surface area contributed by atoms with E-state index in [1.807, 2.05) is 0 Å². The number of anilines is 1. The lowest BCUT2D eigenvalue weighted by atomic mass is 10.1. The van der Waals surface area contributed by atoms with Crippen LogP contribution in [0.5, 0.6) is 0 Å². The van der Waals surface area contributed by atoms with Crippen molar-refractivity contribution >= 4 is 33.5 Å². The number of para-hydroxylation sites is 1. The van der Waals surface area contributed by atoms with Crippen LogP contribution < -0.4 is 4.90 Å². The van der Waals surface area contributed by atoms with Crippen LogP contribution in [0.1, 0.15) is 20.7 Å². The highest BCUT2D eigenvalue weighted by Crippen LogP contribution is 2.24. The number of carboxylic acids is 1. The Morgan fingerprint density at radius 2 is 1.81 bits per heavy atom. The average molecular weight is 352 g/mol. The Morgan fingerprint density at radius 3 is 2.48 bits per heavy atom. The fraction of sp³-hybridized carbons (Fsp3) is 0.0667. The summed E-state index contributed by atoms with van der Waals surface area (Å²) in [6.07, 6.45) is 0. The molecule has 0 aliphatic rings. The molecule has 108 valence electrons. The zero-order valence-electron chi connectivity index (χ0n) is 11.0. The zero-order valence-corrected chi connectivity index (χ0v) is 12.6. The van der Waals surface area contributed by atoms with Gasteiger partial charge in [-0.25, -0.2) is 9.18 Å². The van der Waals surface area contributed by atoms with Gasteiger partial charge in [0.15, 0.2) is 0 Å². The molecule has 2 aromatic carbocycles. The third-order valence-corrected chi connectivity index (χ3v) is 3.65. The van der Waals surface area contributed by atoms with Gasteiger partial charge in [-0.1, -0.05) is 12.1 Å². The summed E-state index contributed by atoms with van der Waals surface area (Å²) in [5.74, 6) is -2.18. The number of hydrogen-bond acceptors (Lipinski definition) is 2. The topological polar surface area (TPSA) is 57.6 Å². The maximum atomic E-state index is 13.3. The maximum Gasteiger partial charge on any atom is 0.337 e. The second-order valence-electron chi connectivity index (χ2n) is 4.31. The molecular formula is C15H11BrFNO3. The van der Waals surface area contributed by atoms with E-state index in [-0.39, 0.29) is 16.8 Å². The van der Waals surface area contributed by atoms with Crippen molar-refractivity contribution in [2.45, 2.75) is 0 Å². The van der Waals surface area contributed by atoms with Gasteiger partial charge >= 0.3 is 5.97 Å². The van der Waals surface area contributed by atoms with Gasteiger partial charge in [0, 0.05) is 11.5 Å². The van der Waals surface area contributed by atoms with E-state index in [9.17, 15) is 14.0 Å². The Kier molecular flexibility index (Phi) is 4.37. The van der Waals surface area contributed by atoms with Gasteiger partial charge in [-0.2, -0.15) is 0 Å². The van der Waals surface area contributed by atoms with E-state index in [1.54, 1.807) is 12.1 Å². The summed E-state index contributed by atoms with van der Waals surface area (Å²) in [7, 11) is 1.45. The SMILES string of the molecule is CN(C(=O)c1cc(F)ccc1Br)c1ccccc1C(=O)O. The van der Waals surface area contributed by atoms with E-state index in [1.165, 1.54) is 36.2 Å². The van der Waals surface area contributed by atoms with E-state index >= 15 is 0 Å². The molecule has 0 bridgehead atoms. The Balaban J connectivity index is 2.45. The molecule has 6 heteroatoms. The van der Waals surface area contributed by atoms with Gasteiger partial charge < -0.3 is 10.0 Å². The highest BCUT2D eigenvalue weighted by atomic mass is 79.9. The molecular weight excluding hydrogens is 341 g/mol. The smallest absolute Gasteiger partial charge is 0.337 e.